The molecule has 0 bridgehead atoms. The minimum absolute atomic E-state index is 0.325. The monoisotopic (exact) mass is 448 g/mol. The molecule has 0 aromatic heterocycles. The van der Waals surface area contributed by atoms with Gasteiger partial charge in [0.1, 0.15) is 6.29 Å². The van der Waals surface area contributed by atoms with Crippen LogP contribution in [0.2, 0.25) is 0 Å². The third-order valence-electron chi connectivity index (χ3n) is 5.92. The Bertz CT molecular complexity index is 1370. The summed E-state index contributed by atoms with van der Waals surface area (Å²) in [6.45, 7) is 0. The van der Waals surface area contributed by atoms with Gasteiger partial charge >= 0.3 is 0 Å². The number of benzene rings is 4. The van der Waals surface area contributed by atoms with Crippen LogP contribution in [-0.4, -0.2) is 30.0 Å². The predicted octanol–water partition coefficient (Wildman–Crippen LogP) is 4.18. The van der Waals surface area contributed by atoms with E-state index in [1.54, 1.807) is 24.3 Å². The summed E-state index contributed by atoms with van der Waals surface area (Å²) in [5.41, 5.74) is 2.36. The highest BCUT2D eigenvalue weighted by Gasteiger charge is 2.37. The lowest BCUT2D eigenvalue weighted by Crippen LogP contribution is -2.37. The number of carbonyl (C=O) groups excluding carboxylic acids is 4. The molecule has 6 heteroatoms. The van der Waals surface area contributed by atoms with Gasteiger partial charge in [0.05, 0.1) is 22.9 Å². The molecule has 1 N–H and O–H groups in total. The molecule has 34 heavy (non-hydrogen) atoms. The van der Waals surface area contributed by atoms with Crippen molar-refractivity contribution in [3.8, 4) is 0 Å². The van der Waals surface area contributed by atoms with Crippen LogP contribution in [0.4, 0.5) is 5.69 Å². The van der Waals surface area contributed by atoms with Gasteiger partial charge in [-0.05, 0) is 59.2 Å². The van der Waals surface area contributed by atoms with Crippen molar-refractivity contribution in [1.82, 2.24) is 5.32 Å². The molecule has 166 valence electrons. The topological polar surface area (TPSA) is 83.6 Å². The number of rotatable bonds is 6. The first-order valence-electron chi connectivity index (χ1n) is 10.9. The van der Waals surface area contributed by atoms with Crippen LogP contribution >= 0.6 is 0 Å². The van der Waals surface area contributed by atoms with E-state index >= 15 is 0 Å². The fourth-order valence-corrected chi connectivity index (χ4v) is 4.18. The molecule has 3 amide bonds. The third kappa shape index (κ3) is 3.86. The maximum Gasteiger partial charge on any atom is 0.266 e. The number of imide groups is 1. The summed E-state index contributed by atoms with van der Waals surface area (Å²) in [6.07, 6.45) is 1.10. The number of amides is 3. The van der Waals surface area contributed by atoms with Crippen LogP contribution in [0.3, 0.4) is 0 Å². The Morgan fingerprint density at radius 1 is 0.794 bits per heavy atom. The first-order valence-corrected chi connectivity index (χ1v) is 10.9. The van der Waals surface area contributed by atoms with Crippen molar-refractivity contribution in [2.24, 2.45) is 0 Å². The summed E-state index contributed by atoms with van der Waals surface area (Å²) in [5.74, 6) is -1.20. The summed E-state index contributed by atoms with van der Waals surface area (Å²) >= 11 is 0. The number of hydrogen-bond acceptors (Lipinski definition) is 4. The lowest BCUT2D eigenvalue weighted by Gasteiger charge is -2.15. The maximum absolute atomic E-state index is 13.0. The standard InChI is InChI=1S/C28H20N2O4/c31-17-22(14-18-6-2-1-3-7-18)29-26(32)19-10-12-23(13-11-19)30-27(33)24-15-20-8-4-5-9-21(20)16-25(24)28(30)34/h1-13,15-17,22H,14H2,(H,29,32)/t22-/m0/s1. The Morgan fingerprint density at radius 2 is 1.35 bits per heavy atom. The van der Waals surface area contributed by atoms with Crippen LogP contribution in [-0.2, 0) is 11.2 Å². The molecule has 1 atom stereocenters. The van der Waals surface area contributed by atoms with Gasteiger partial charge in [0.2, 0.25) is 0 Å². The number of fused-ring (bicyclic) bond motifs is 2. The number of nitrogens with zero attached hydrogens (tertiary/aromatic N) is 1. The molecular formula is C28H20N2O4. The lowest BCUT2D eigenvalue weighted by molar-refractivity contribution is -0.109. The van der Waals surface area contributed by atoms with E-state index in [0.717, 1.165) is 21.2 Å². The van der Waals surface area contributed by atoms with Gasteiger partial charge in [-0.15, -0.1) is 0 Å². The fourth-order valence-electron chi connectivity index (χ4n) is 4.18. The molecule has 1 aliphatic rings. The van der Waals surface area contributed by atoms with Crippen molar-refractivity contribution in [2.45, 2.75) is 12.5 Å². The van der Waals surface area contributed by atoms with Gasteiger partial charge in [-0.3, -0.25) is 14.4 Å². The van der Waals surface area contributed by atoms with E-state index in [-0.39, 0.29) is 0 Å². The van der Waals surface area contributed by atoms with Gasteiger partial charge in [-0.1, -0.05) is 54.6 Å². The largest absolute Gasteiger partial charge is 0.342 e. The zero-order valence-corrected chi connectivity index (χ0v) is 18.1. The molecule has 0 saturated carbocycles. The van der Waals surface area contributed by atoms with E-state index in [1.165, 1.54) is 12.1 Å². The van der Waals surface area contributed by atoms with E-state index in [2.05, 4.69) is 5.32 Å². The normalized spacial score (nSPS) is 13.6. The third-order valence-corrected chi connectivity index (χ3v) is 5.92. The summed E-state index contributed by atoms with van der Waals surface area (Å²) < 4.78 is 0. The van der Waals surface area contributed by atoms with Gasteiger partial charge in [-0.25, -0.2) is 4.90 Å². The van der Waals surface area contributed by atoms with Crippen molar-refractivity contribution in [2.75, 3.05) is 4.90 Å². The molecule has 0 saturated heterocycles. The molecule has 5 rings (SSSR count). The molecule has 6 nitrogen and oxygen atoms in total. The summed E-state index contributed by atoms with van der Waals surface area (Å²) in [4.78, 5) is 51.3. The highest BCUT2D eigenvalue weighted by molar-refractivity contribution is 6.35. The zero-order chi connectivity index (χ0) is 23.7. The highest BCUT2D eigenvalue weighted by atomic mass is 16.2. The van der Waals surface area contributed by atoms with Gasteiger partial charge in [0.15, 0.2) is 0 Å². The lowest BCUT2D eigenvalue weighted by atomic mass is 10.0. The second-order valence-corrected chi connectivity index (χ2v) is 8.14. The van der Waals surface area contributed by atoms with E-state index < -0.39 is 23.8 Å². The quantitative estimate of drug-likeness (QED) is 0.354. The number of hydrogen-bond donors (Lipinski definition) is 1. The van der Waals surface area contributed by atoms with Crippen molar-refractivity contribution < 1.29 is 19.2 Å². The van der Waals surface area contributed by atoms with Gasteiger partial charge in [0.25, 0.3) is 17.7 Å². The van der Waals surface area contributed by atoms with Gasteiger partial charge in [-0.2, -0.15) is 0 Å². The molecule has 1 aliphatic heterocycles. The SMILES string of the molecule is O=C[C@H](Cc1ccccc1)NC(=O)c1ccc(N2C(=O)c3cc4ccccc4cc3C2=O)cc1. The number of nitrogens with one attached hydrogen (secondary N) is 1. The number of aldehydes is 1. The van der Waals surface area contributed by atoms with E-state index in [4.69, 9.17) is 0 Å². The average molecular weight is 448 g/mol. The second-order valence-electron chi connectivity index (χ2n) is 8.14. The summed E-state index contributed by atoms with van der Waals surface area (Å²) in [6, 6.07) is 26.0. The molecule has 0 fully saturated rings. The summed E-state index contributed by atoms with van der Waals surface area (Å²) in [7, 11) is 0. The van der Waals surface area contributed by atoms with Crippen molar-refractivity contribution >= 4 is 40.5 Å². The smallest absolute Gasteiger partial charge is 0.266 e. The fraction of sp³-hybridized carbons (Fsp3) is 0.0714. The molecule has 0 spiro atoms. The summed E-state index contributed by atoms with van der Waals surface area (Å²) in [5, 5.41) is 4.49. The molecule has 1 heterocycles. The first kappa shape index (κ1) is 21.3. The predicted molar refractivity (Wildman–Crippen MR) is 129 cm³/mol. The van der Waals surface area contributed by atoms with Crippen LogP contribution in [0.15, 0.2) is 91.0 Å². The highest BCUT2D eigenvalue weighted by Crippen LogP contribution is 2.31. The van der Waals surface area contributed by atoms with Crippen LogP contribution in [0.1, 0.15) is 36.6 Å². The van der Waals surface area contributed by atoms with E-state index in [1.807, 2.05) is 54.6 Å². The first-order chi connectivity index (χ1) is 16.5. The van der Waals surface area contributed by atoms with Crippen molar-refractivity contribution in [3.63, 3.8) is 0 Å². The van der Waals surface area contributed by atoms with Gasteiger partial charge < -0.3 is 10.1 Å². The molecule has 4 aromatic rings. The Labute approximate surface area is 195 Å². The number of anilines is 1. The Morgan fingerprint density at radius 3 is 1.91 bits per heavy atom. The van der Waals surface area contributed by atoms with Crippen LogP contribution in [0.5, 0.6) is 0 Å². The van der Waals surface area contributed by atoms with Crippen molar-refractivity contribution in [1.29, 1.82) is 0 Å². The van der Waals surface area contributed by atoms with E-state index in [0.29, 0.717) is 35.1 Å². The van der Waals surface area contributed by atoms with Gasteiger partial charge in [0, 0.05) is 5.56 Å². The molecule has 0 aliphatic carbocycles. The Balaban J connectivity index is 1.34. The Hall–Kier alpha value is -4.58. The van der Waals surface area contributed by atoms with Crippen LogP contribution in [0.25, 0.3) is 10.8 Å². The van der Waals surface area contributed by atoms with Crippen molar-refractivity contribution in [3.05, 3.63) is 113 Å². The van der Waals surface area contributed by atoms with E-state index in [9.17, 15) is 19.2 Å². The zero-order valence-electron chi connectivity index (χ0n) is 18.1. The molecule has 4 aromatic carbocycles. The minimum Gasteiger partial charge on any atom is -0.342 e. The Kier molecular flexibility index (Phi) is 5.47. The minimum atomic E-state index is -0.667. The van der Waals surface area contributed by atoms with Crippen LogP contribution < -0.4 is 10.2 Å². The molecule has 0 radical (unpaired) electrons. The van der Waals surface area contributed by atoms with Crippen LogP contribution in [0, 0.1) is 0 Å². The second kappa shape index (κ2) is 8.75. The maximum atomic E-state index is 13.0. The molecule has 0 unspecified atom stereocenters. The number of carbonyl (C=O) groups is 4. The average Bonchev–Trinajstić information content (AvgIpc) is 3.11. The molecular weight excluding hydrogens is 428 g/mol.